The summed E-state index contributed by atoms with van der Waals surface area (Å²) in [5.74, 6) is -0.169. The molecule has 0 aliphatic rings. The molecule has 0 aliphatic carbocycles. The van der Waals surface area contributed by atoms with Gasteiger partial charge in [0.25, 0.3) is 5.91 Å². The monoisotopic (exact) mass is 276 g/mol. The Morgan fingerprint density at radius 3 is 2.70 bits per heavy atom. The van der Waals surface area contributed by atoms with Crippen LogP contribution in [0.4, 0.5) is 5.69 Å². The number of anilines is 1. The highest BCUT2D eigenvalue weighted by atomic mass is 16.5. The van der Waals surface area contributed by atoms with Crippen molar-refractivity contribution in [1.82, 2.24) is 10.6 Å². The van der Waals surface area contributed by atoms with Gasteiger partial charge in [0.2, 0.25) is 5.91 Å². The summed E-state index contributed by atoms with van der Waals surface area (Å²) in [7, 11) is 0. The molecule has 0 saturated heterocycles. The molecule has 0 heterocycles. The first-order valence-corrected chi connectivity index (χ1v) is 5.96. The van der Waals surface area contributed by atoms with E-state index in [0.717, 1.165) is 0 Å². The molecular weight excluding hydrogens is 260 g/mol. The molecule has 7 heteroatoms. The van der Waals surface area contributed by atoms with Crippen molar-refractivity contribution in [3.05, 3.63) is 23.8 Å². The first kappa shape index (κ1) is 15.3. The van der Waals surface area contributed by atoms with E-state index in [1.165, 1.54) is 19.1 Å². The highest BCUT2D eigenvalue weighted by molar-refractivity contribution is 5.95. The maximum absolute atomic E-state index is 11.8. The summed E-state index contributed by atoms with van der Waals surface area (Å²) in [5.41, 5.74) is 6.40. The normalized spacial score (nSPS) is 9.40. The molecule has 1 rings (SSSR count). The number of rotatable bonds is 6. The molecule has 2 amide bonds. The van der Waals surface area contributed by atoms with Gasteiger partial charge in [-0.05, 0) is 18.2 Å². The number of nitrogen functional groups attached to an aromatic ring is 1. The molecule has 0 bridgehead atoms. The number of carbonyl (C=O) groups excluding carboxylic acids is 2. The third-order valence-electron chi connectivity index (χ3n) is 2.35. The number of nitrogens with two attached hydrogens (primary N) is 1. The van der Waals surface area contributed by atoms with Crippen LogP contribution in [0.25, 0.3) is 0 Å². The van der Waals surface area contributed by atoms with E-state index in [1.54, 1.807) is 6.07 Å². The van der Waals surface area contributed by atoms with Gasteiger partial charge in [0.1, 0.15) is 11.8 Å². The lowest BCUT2D eigenvalue weighted by atomic mass is 10.2. The van der Waals surface area contributed by atoms with Gasteiger partial charge in [-0.25, -0.2) is 0 Å². The van der Waals surface area contributed by atoms with Gasteiger partial charge in [0.05, 0.1) is 5.69 Å². The lowest BCUT2D eigenvalue weighted by Crippen LogP contribution is -2.33. The zero-order chi connectivity index (χ0) is 15.0. The molecule has 1 aromatic rings. The standard InChI is InChI=1S/C13H16N4O3/c1-9(18)16-5-6-17-13(19)10-2-3-11(15)12(8-10)20-7-4-14/h2-3,8H,5-7,15H2,1H3,(H,16,18)(H,17,19). The zero-order valence-corrected chi connectivity index (χ0v) is 11.1. The molecular formula is C13H16N4O3. The van der Waals surface area contributed by atoms with E-state index in [1.807, 2.05) is 6.07 Å². The SMILES string of the molecule is CC(=O)NCCNC(=O)c1ccc(N)c(OCC#N)c1. The topological polar surface area (TPSA) is 117 Å². The van der Waals surface area contributed by atoms with E-state index in [4.69, 9.17) is 15.7 Å². The van der Waals surface area contributed by atoms with E-state index in [2.05, 4.69) is 10.6 Å². The van der Waals surface area contributed by atoms with Crippen LogP contribution in [0.3, 0.4) is 0 Å². The third-order valence-corrected chi connectivity index (χ3v) is 2.35. The average Bonchev–Trinajstić information content (AvgIpc) is 2.42. The van der Waals surface area contributed by atoms with Gasteiger partial charge in [-0.3, -0.25) is 9.59 Å². The molecule has 0 aromatic heterocycles. The minimum absolute atomic E-state index is 0.141. The smallest absolute Gasteiger partial charge is 0.251 e. The van der Waals surface area contributed by atoms with Crippen LogP contribution in [0.2, 0.25) is 0 Å². The fraction of sp³-hybridized carbons (Fsp3) is 0.308. The van der Waals surface area contributed by atoms with E-state index < -0.39 is 0 Å². The summed E-state index contributed by atoms with van der Waals surface area (Å²) in [4.78, 5) is 22.5. The van der Waals surface area contributed by atoms with Crippen molar-refractivity contribution in [2.24, 2.45) is 0 Å². The minimum atomic E-state index is -0.308. The first-order valence-electron chi connectivity index (χ1n) is 5.96. The summed E-state index contributed by atoms with van der Waals surface area (Å²) in [6, 6.07) is 6.39. The molecule has 7 nitrogen and oxygen atoms in total. The highest BCUT2D eigenvalue weighted by Gasteiger charge is 2.09. The summed E-state index contributed by atoms with van der Waals surface area (Å²) in [6.07, 6.45) is 0. The number of benzene rings is 1. The van der Waals surface area contributed by atoms with E-state index in [-0.39, 0.29) is 18.4 Å². The van der Waals surface area contributed by atoms with Crippen LogP contribution in [0.5, 0.6) is 5.75 Å². The van der Waals surface area contributed by atoms with Crippen LogP contribution in [0, 0.1) is 11.3 Å². The highest BCUT2D eigenvalue weighted by Crippen LogP contribution is 2.22. The van der Waals surface area contributed by atoms with Gasteiger partial charge < -0.3 is 21.1 Å². The average molecular weight is 276 g/mol. The van der Waals surface area contributed by atoms with Gasteiger partial charge in [-0.15, -0.1) is 0 Å². The second kappa shape index (κ2) is 7.63. The zero-order valence-electron chi connectivity index (χ0n) is 11.1. The van der Waals surface area contributed by atoms with E-state index in [9.17, 15) is 9.59 Å². The number of nitrogens with zero attached hydrogens (tertiary/aromatic N) is 1. The lowest BCUT2D eigenvalue weighted by molar-refractivity contribution is -0.118. The number of amides is 2. The fourth-order valence-corrected chi connectivity index (χ4v) is 1.43. The van der Waals surface area contributed by atoms with Gasteiger partial charge in [-0.2, -0.15) is 5.26 Å². The Morgan fingerprint density at radius 1 is 1.35 bits per heavy atom. The van der Waals surface area contributed by atoms with Crippen molar-refractivity contribution in [3.63, 3.8) is 0 Å². The minimum Gasteiger partial charge on any atom is -0.477 e. The van der Waals surface area contributed by atoms with Crippen molar-refractivity contribution >= 4 is 17.5 Å². The Balaban J connectivity index is 2.59. The molecule has 0 saturated carbocycles. The summed E-state index contributed by atoms with van der Waals surface area (Å²) < 4.78 is 5.11. The molecule has 0 fully saturated rings. The van der Waals surface area contributed by atoms with Crippen molar-refractivity contribution < 1.29 is 14.3 Å². The number of carbonyl (C=O) groups is 2. The molecule has 0 unspecified atom stereocenters. The second-order valence-corrected chi connectivity index (χ2v) is 3.94. The number of hydrogen-bond acceptors (Lipinski definition) is 5. The van der Waals surface area contributed by atoms with Gasteiger partial charge in [-0.1, -0.05) is 0 Å². The number of ether oxygens (including phenoxy) is 1. The Labute approximate surface area is 116 Å². The number of hydrogen-bond donors (Lipinski definition) is 3. The maximum Gasteiger partial charge on any atom is 0.251 e. The fourth-order valence-electron chi connectivity index (χ4n) is 1.43. The van der Waals surface area contributed by atoms with Gasteiger partial charge in [0.15, 0.2) is 6.61 Å². The van der Waals surface area contributed by atoms with Crippen molar-refractivity contribution in [2.75, 3.05) is 25.4 Å². The number of nitrogens with one attached hydrogen (secondary N) is 2. The van der Waals surface area contributed by atoms with Crippen molar-refractivity contribution in [2.45, 2.75) is 6.92 Å². The molecule has 0 radical (unpaired) electrons. The first-order chi connectivity index (χ1) is 9.54. The lowest BCUT2D eigenvalue weighted by Gasteiger charge is -2.09. The van der Waals surface area contributed by atoms with Crippen LogP contribution in [0.15, 0.2) is 18.2 Å². The van der Waals surface area contributed by atoms with Crippen LogP contribution in [-0.4, -0.2) is 31.5 Å². The molecule has 106 valence electrons. The number of nitriles is 1. The summed E-state index contributed by atoms with van der Waals surface area (Å²) in [5, 5.41) is 13.7. The predicted octanol–water partition coefficient (Wildman–Crippen LogP) is 0.0371. The van der Waals surface area contributed by atoms with Gasteiger partial charge in [0, 0.05) is 25.6 Å². The third kappa shape index (κ3) is 4.86. The van der Waals surface area contributed by atoms with Crippen LogP contribution < -0.4 is 21.1 Å². The molecule has 1 aromatic carbocycles. The Morgan fingerprint density at radius 2 is 2.05 bits per heavy atom. The molecule has 0 spiro atoms. The largest absolute Gasteiger partial charge is 0.477 e. The Kier molecular flexibility index (Phi) is 5.84. The Bertz CT molecular complexity index is 537. The predicted molar refractivity (Wildman–Crippen MR) is 73.0 cm³/mol. The van der Waals surface area contributed by atoms with E-state index >= 15 is 0 Å². The van der Waals surface area contributed by atoms with Crippen molar-refractivity contribution in [3.8, 4) is 11.8 Å². The maximum atomic E-state index is 11.8. The molecule has 0 aliphatic heterocycles. The van der Waals surface area contributed by atoms with Gasteiger partial charge >= 0.3 is 0 Å². The summed E-state index contributed by atoms with van der Waals surface area (Å²) >= 11 is 0. The van der Waals surface area contributed by atoms with Crippen LogP contribution in [-0.2, 0) is 4.79 Å². The Hall–Kier alpha value is -2.75. The van der Waals surface area contributed by atoms with E-state index in [0.29, 0.717) is 30.1 Å². The molecule has 4 N–H and O–H groups in total. The molecule has 20 heavy (non-hydrogen) atoms. The summed E-state index contributed by atoms with van der Waals surface area (Å²) in [6.45, 7) is 1.93. The second-order valence-electron chi connectivity index (χ2n) is 3.94. The van der Waals surface area contributed by atoms with Crippen LogP contribution >= 0.6 is 0 Å². The molecule has 0 atom stereocenters. The van der Waals surface area contributed by atoms with Crippen LogP contribution in [0.1, 0.15) is 17.3 Å². The van der Waals surface area contributed by atoms with Crippen molar-refractivity contribution in [1.29, 1.82) is 5.26 Å². The quantitative estimate of drug-likeness (QED) is 0.501.